The van der Waals surface area contributed by atoms with Gasteiger partial charge < -0.3 is 14.6 Å². The number of furan rings is 1. The maximum Gasteiger partial charge on any atom is 0.287 e. The molecule has 2 aromatic carbocycles. The molecule has 1 aliphatic rings. The van der Waals surface area contributed by atoms with E-state index in [2.05, 4.69) is 62.4 Å². The van der Waals surface area contributed by atoms with E-state index in [1.54, 1.807) is 0 Å². The summed E-state index contributed by atoms with van der Waals surface area (Å²) in [7, 11) is 2.17. The van der Waals surface area contributed by atoms with E-state index < -0.39 is 0 Å². The van der Waals surface area contributed by atoms with Crippen LogP contribution in [0.5, 0.6) is 0 Å². The monoisotopic (exact) mass is 455 g/mol. The molecule has 152 valence electrons. The van der Waals surface area contributed by atoms with E-state index in [1.807, 2.05) is 25.1 Å². The number of nitrogens with one attached hydrogen (secondary N) is 1. The maximum atomic E-state index is 12.7. The molecule has 1 N–H and O–H groups in total. The maximum absolute atomic E-state index is 12.7. The number of rotatable bonds is 5. The second-order valence-corrected chi connectivity index (χ2v) is 8.69. The Morgan fingerprint density at radius 1 is 1.10 bits per heavy atom. The van der Waals surface area contributed by atoms with E-state index in [0.717, 1.165) is 59.3 Å². The molecule has 1 fully saturated rings. The number of halogens is 1. The van der Waals surface area contributed by atoms with E-state index >= 15 is 0 Å². The van der Waals surface area contributed by atoms with Gasteiger partial charge in [-0.15, -0.1) is 0 Å². The molecule has 29 heavy (non-hydrogen) atoms. The van der Waals surface area contributed by atoms with E-state index in [0.29, 0.717) is 12.3 Å². The number of likely N-dealkylation sites (N-methyl/N-ethyl adjacent to an activating group) is 1. The number of carbonyl (C=O) groups is 1. The summed E-state index contributed by atoms with van der Waals surface area (Å²) in [6, 6.07) is 14.2. The lowest BCUT2D eigenvalue weighted by molar-refractivity contribution is 0.0924. The molecule has 0 radical (unpaired) electrons. The molecule has 1 aromatic heterocycles. The molecule has 0 saturated carbocycles. The largest absolute Gasteiger partial charge is 0.451 e. The van der Waals surface area contributed by atoms with E-state index in [1.165, 1.54) is 5.56 Å². The molecule has 2 heterocycles. The van der Waals surface area contributed by atoms with Gasteiger partial charge in [0, 0.05) is 54.7 Å². The first-order valence-corrected chi connectivity index (χ1v) is 10.7. The van der Waals surface area contributed by atoms with Crippen LogP contribution in [0.4, 0.5) is 0 Å². The number of hydrogen-bond donors (Lipinski definition) is 1. The van der Waals surface area contributed by atoms with E-state index in [-0.39, 0.29) is 5.91 Å². The fourth-order valence-corrected chi connectivity index (χ4v) is 4.14. The third kappa shape index (κ3) is 4.71. The number of amides is 1. The summed E-state index contributed by atoms with van der Waals surface area (Å²) in [6.07, 6.45) is 0. The zero-order valence-electron chi connectivity index (χ0n) is 16.9. The number of aryl methyl sites for hydroxylation is 1. The normalized spacial score (nSPS) is 15.7. The highest BCUT2D eigenvalue weighted by Gasteiger charge is 2.18. The summed E-state index contributed by atoms with van der Waals surface area (Å²) in [6.45, 7) is 7.77. The molecule has 0 spiro atoms. The molecule has 1 saturated heterocycles. The lowest BCUT2D eigenvalue weighted by Gasteiger charge is -2.32. The number of carbonyl (C=O) groups excluding carboxylic acids is 1. The minimum Gasteiger partial charge on any atom is -0.451 e. The van der Waals surface area contributed by atoms with Gasteiger partial charge in [-0.2, -0.15) is 0 Å². The summed E-state index contributed by atoms with van der Waals surface area (Å²) in [5.74, 6) is 0.200. The Morgan fingerprint density at radius 2 is 1.86 bits per heavy atom. The van der Waals surface area contributed by atoms with Crippen LogP contribution in [0, 0.1) is 6.92 Å². The van der Waals surface area contributed by atoms with Crippen molar-refractivity contribution in [2.45, 2.75) is 20.0 Å². The van der Waals surface area contributed by atoms with Crippen LogP contribution in [0.2, 0.25) is 0 Å². The number of nitrogens with zero attached hydrogens (tertiary/aromatic N) is 2. The minimum absolute atomic E-state index is 0.181. The highest BCUT2D eigenvalue weighted by Crippen LogP contribution is 2.28. The Bertz CT molecular complexity index is 1020. The van der Waals surface area contributed by atoms with Gasteiger partial charge in [-0.3, -0.25) is 9.69 Å². The van der Waals surface area contributed by atoms with Crippen molar-refractivity contribution in [3.63, 3.8) is 0 Å². The van der Waals surface area contributed by atoms with Crippen molar-refractivity contribution in [3.8, 4) is 0 Å². The third-order valence-electron chi connectivity index (χ3n) is 5.55. The van der Waals surface area contributed by atoms with Gasteiger partial charge >= 0.3 is 0 Å². The third-order valence-corrected chi connectivity index (χ3v) is 6.04. The summed E-state index contributed by atoms with van der Waals surface area (Å²) in [4.78, 5) is 17.5. The molecule has 0 aliphatic carbocycles. The Labute approximate surface area is 179 Å². The highest BCUT2D eigenvalue weighted by molar-refractivity contribution is 9.10. The lowest BCUT2D eigenvalue weighted by Crippen LogP contribution is -2.43. The summed E-state index contributed by atoms with van der Waals surface area (Å²) in [5.41, 5.74) is 3.97. The Balaban J connectivity index is 1.40. The number of hydrogen-bond acceptors (Lipinski definition) is 4. The predicted molar refractivity (Wildman–Crippen MR) is 119 cm³/mol. The lowest BCUT2D eigenvalue weighted by atomic mass is 10.1. The molecule has 0 atom stereocenters. The van der Waals surface area contributed by atoms with Gasteiger partial charge in [-0.25, -0.2) is 0 Å². The first-order chi connectivity index (χ1) is 14.0. The van der Waals surface area contributed by atoms with Gasteiger partial charge in [0.25, 0.3) is 5.91 Å². The molecule has 5 nitrogen and oxygen atoms in total. The molecule has 4 rings (SSSR count). The van der Waals surface area contributed by atoms with Gasteiger partial charge in [0.2, 0.25) is 0 Å². The number of fused-ring (bicyclic) bond motifs is 1. The summed E-state index contributed by atoms with van der Waals surface area (Å²) < 4.78 is 6.76. The Kier molecular flexibility index (Phi) is 6.04. The van der Waals surface area contributed by atoms with Crippen LogP contribution in [0.1, 0.15) is 27.2 Å². The topological polar surface area (TPSA) is 48.7 Å². The second kappa shape index (κ2) is 8.69. The van der Waals surface area contributed by atoms with Crippen LogP contribution in [0.3, 0.4) is 0 Å². The summed E-state index contributed by atoms with van der Waals surface area (Å²) in [5, 5.41) is 3.96. The van der Waals surface area contributed by atoms with Crippen molar-refractivity contribution in [1.29, 1.82) is 0 Å². The van der Waals surface area contributed by atoms with E-state index in [9.17, 15) is 4.79 Å². The molecular formula is C23H26BrN3O2. The SMILES string of the molecule is Cc1c(C(=O)NCc2cccc(CN3CCN(C)CC3)c2)oc2ccc(Br)cc12. The van der Waals surface area contributed by atoms with Crippen molar-refractivity contribution in [2.24, 2.45) is 0 Å². The number of benzene rings is 2. The zero-order chi connectivity index (χ0) is 20.4. The molecule has 6 heteroatoms. The quantitative estimate of drug-likeness (QED) is 0.626. The van der Waals surface area contributed by atoms with Gasteiger partial charge in [-0.05, 0) is 43.3 Å². The summed E-state index contributed by atoms with van der Waals surface area (Å²) >= 11 is 3.47. The predicted octanol–water partition coefficient (Wildman–Crippen LogP) is 4.18. The van der Waals surface area contributed by atoms with Gasteiger partial charge in [-0.1, -0.05) is 40.2 Å². The molecular weight excluding hydrogens is 430 g/mol. The van der Waals surface area contributed by atoms with Gasteiger partial charge in [0.05, 0.1) is 0 Å². The van der Waals surface area contributed by atoms with Crippen LogP contribution in [0.25, 0.3) is 11.0 Å². The van der Waals surface area contributed by atoms with Crippen LogP contribution in [-0.2, 0) is 13.1 Å². The van der Waals surface area contributed by atoms with Crippen molar-refractivity contribution in [3.05, 3.63) is 69.4 Å². The van der Waals surface area contributed by atoms with Crippen molar-refractivity contribution < 1.29 is 9.21 Å². The fraction of sp³-hybridized carbons (Fsp3) is 0.348. The molecule has 3 aromatic rings. The highest BCUT2D eigenvalue weighted by atomic mass is 79.9. The Morgan fingerprint density at radius 3 is 2.66 bits per heavy atom. The van der Waals surface area contributed by atoms with E-state index in [4.69, 9.17) is 4.42 Å². The van der Waals surface area contributed by atoms with Crippen molar-refractivity contribution in [2.75, 3.05) is 33.2 Å². The number of piperazine rings is 1. The van der Waals surface area contributed by atoms with Crippen LogP contribution >= 0.6 is 15.9 Å². The molecule has 0 bridgehead atoms. The zero-order valence-corrected chi connectivity index (χ0v) is 18.5. The smallest absolute Gasteiger partial charge is 0.287 e. The van der Waals surface area contributed by atoms with Crippen molar-refractivity contribution in [1.82, 2.24) is 15.1 Å². The van der Waals surface area contributed by atoms with Gasteiger partial charge in [0.15, 0.2) is 5.76 Å². The minimum atomic E-state index is -0.181. The van der Waals surface area contributed by atoms with Crippen LogP contribution in [-0.4, -0.2) is 48.9 Å². The fourth-order valence-electron chi connectivity index (χ4n) is 3.77. The molecule has 1 amide bonds. The first-order valence-electron chi connectivity index (χ1n) is 9.95. The average molecular weight is 456 g/mol. The van der Waals surface area contributed by atoms with Gasteiger partial charge in [0.1, 0.15) is 5.58 Å². The first kappa shape index (κ1) is 20.1. The average Bonchev–Trinajstić information content (AvgIpc) is 3.04. The van der Waals surface area contributed by atoms with Crippen LogP contribution < -0.4 is 5.32 Å². The standard InChI is InChI=1S/C23H26BrN3O2/c1-16-20-13-19(24)6-7-21(20)29-22(16)23(28)25-14-17-4-3-5-18(12-17)15-27-10-8-26(2)9-11-27/h3-7,12-13H,8-11,14-15H2,1-2H3,(H,25,28). The second-order valence-electron chi connectivity index (χ2n) is 7.78. The molecule has 1 aliphatic heterocycles. The Hall–Kier alpha value is -2.15. The molecule has 0 unspecified atom stereocenters. The van der Waals surface area contributed by atoms with Crippen LogP contribution in [0.15, 0.2) is 51.4 Å². The van der Waals surface area contributed by atoms with Crippen molar-refractivity contribution >= 4 is 32.8 Å².